The third-order valence-corrected chi connectivity index (χ3v) is 4.27. The largest absolute Gasteiger partial charge is 0.478 e. The third kappa shape index (κ3) is 3.25. The number of hydrogen-bond donors (Lipinski definition) is 1. The molecule has 2 heterocycles. The van der Waals surface area contributed by atoms with E-state index in [1.54, 1.807) is 10.9 Å². The number of halogens is 1. The van der Waals surface area contributed by atoms with Gasteiger partial charge < -0.3 is 10.0 Å². The van der Waals surface area contributed by atoms with Gasteiger partial charge in [0.25, 0.3) is 0 Å². The molecule has 24 heavy (non-hydrogen) atoms. The SMILES string of the molecule is CCN(CC)c1ncc(Cn2cc(C(=O)O)c(C3CC3)n2)cc1F. The van der Waals surface area contributed by atoms with Crippen molar-refractivity contribution in [3.05, 3.63) is 41.1 Å². The number of aromatic nitrogens is 3. The number of nitrogens with zero attached hydrogens (tertiary/aromatic N) is 4. The van der Waals surface area contributed by atoms with Crippen molar-refractivity contribution >= 4 is 11.8 Å². The summed E-state index contributed by atoms with van der Waals surface area (Å²) in [6.07, 6.45) is 5.10. The van der Waals surface area contributed by atoms with Crippen molar-refractivity contribution in [3.8, 4) is 0 Å². The minimum Gasteiger partial charge on any atom is -0.478 e. The van der Waals surface area contributed by atoms with E-state index in [9.17, 15) is 14.3 Å². The summed E-state index contributed by atoms with van der Waals surface area (Å²) >= 11 is 0. The molecule has 1 fully saturated rings. The number of carboxylic acids is 1. The molecule has 1 N–H and O–H groups in total. The predicted molar refractivity (Wildman–Crippen MR) is 88.0 cm³/mol. The van der Waals surface area contributed by atoms with Crippen LogP contribution < -0.4 is 4.90 Å². The molecule has 0 radical (unpaired) electrons. The van der Waals surface area contributed by atoms with Crippen molar-refractivity contribution < 1.29 is 14.3 Å². The van der Waals surface area contributed by atoms with Gasteiger partial charge in [0, 0.05) is 31.4 Å². The van der Waals surface area contributed by atoms with Crippen LogP contribution in [0.4, 0.5) is 10.2 Å². The van der Waals surface area contributed by atoms with Crippen molar-refractivity contribution in [3.63, 3.8) is 0 Å². The van der Waals surface area contributed by atoms with Crippen molar-refractivity contribution in [2.45, 2.75) is 39.2 Å². The lowest BCUT2D eigenvalue weighted by Gasteiger charge is -2.20. The smallest absolute Gasteiger partial charge is 0.339 e. The van der Waals surface area contributed by atoms with Gasteiger partial charge in [0.2, 0.25) is 0 Å². The van der Waals surface area contributed by atoms with Crippen LogP contribution in [0.2, 0.25) is 0 Å². The van der Waals surface area contributed by atoms with E-state index in [0.717, 1.165) is 12.8 Å². The molecule has 0 unspecified atom stereocenters. The second-order valence-electron chi connectivity index (χ2n) is 6.03. The first kappa shape index (κ1) is 16.4. The molecule has 1 aliphatic rings. The minimum absolute atomic E-state index is 0.241. The minimum atomic E-state index is -0.968. The normalized spacial score (nSPS) is 14.0. The van der Waals surface area contributed by atoms with Crippen molar-refractivity contribution in [1.82, 2.24) is 14.8 Å². The van der Waals surface area contributed by atoms with E-state index in [1.165, 1.54) is 12.3 Å². The molecule has 0 saturated heterocycles. The van der Waals surface area contributed by atoms with Gasteiger partial charge >= 0.3 is 5.97 Å². The summed E-state index contributed by atoms with van der Waals surface area (Å²) in [5.41, 5.74) is 1.53. The maximum Gasteiger partial charge on any atom is 0.339 e. The standard InChI is InChI=1S/C17H21FN4O2/c1-3-21(4-2)16-14(18)7-11(8-19-16)9-22-10-13(17(23)24)15(20-22)12-5-6-12/h7-8,10,12H,3-6,9H2,1-2H3,(H,23,24). The summed E-state index contributed by atoms with van der Waals surface area (Å²) < 4.78 is 15.9. The van der Waals surface area contributed by atoms with Crippen molar-refractivity contribution in [2.75, 3.05) is 18.0 Å². The van der Waals surface area contributed by atoms with Gasteiger partial charge in [0.1, 0.15) is 5.56 Å². The van der Waals surface area contributed by atoms with Gasteiger partial charge in [0.05, 0.1) is 12.2 Å². The monoisotopic (exact) mass is 332 g/mol. The number of anilines is 1. The van der Waals surface area contributed by atoms with Crippen LogP contribution in [0.1, 0.15) is 54.2 Å². The van der Waals surface area contributed by atoms with Crippen LogP contribution in [0.3, 0.4) is 0 Å². The van der Waals surface area contributed by atoms with Crippen LogP contribution in [-0.2, 0) is 6.54 Å². The van der Waals surface area contributed by atoms with E-state index >= 15 is 0 Å². The summed E-state index contributed by atoms with van der Waals surface area (Å²) in [6, 6.07) is 1.44. The number of carboxylic acid groups (broad SMARTS) is 1. The van der Waals surface area contributed by atoms with Crippen LogP contribution in [0, 0.1) is 5.82 Å². The Hall–Kier alpha value is -2.44. The van der Waals surface area contributed by atoms with Crippen LogP contribution >= 0.6 is 0 Å². The Kier molecular flexibility index (Phi) is 4.51. The lowest BCUT2D eigenvalue weighted by Crippen LogP contribution is -2.24. The summed E-state index contributed by atoms with van der Waals surface area (Å²) in [4.78, 5) is 17.4. The average Bonchev–Trinajstić information content (AvgIpc) is 3.31. The molecule has 2 aromatic rings. The first-order chi connectivity index (χ1) is 11.5. The molecule has 0 atom stereocenters. The molecule has 128 valence electrons. The van der Waals surface area contributed by atoms with Crippen LogP contribution in [-0.4, -0.2) is 38.9 Å². The predicted octanol–water partition coefficient (Wildman–Crippen LogP) is 2.89. The molecule has 6 nitrogen and oxygen atoms in total. The summed E-state index contributed by atoms with van der Waals surface area (Å²) in [6.45, 7) is 5.58. The van der Waals surface area contributed by atoms with Gasteiger partial charge in [-0.25, -0.2) is 14.2 Å². The third-order valence-electron chi connectivity index (χ3n) is 4.27. The highest BCUT2D eigenvalue weighted by atomic mass is 19.1. The molecule has 3 rings (SSSR count). The fraction of sp³-hybridized carbons (Fsp3) is 0.471. The maximum atomic E-state index is 14.3. The highest BCUT2D eigenvalue weighted by molar-refractivity contribution is 5.89. The molecule has 0 spiro atoms. The van der Waals surface area contributed by atoms with Gasteiger partial charge in [0.15, 0.2) is 11.6 Å². The van der Waals surface area contributed by atoms with Crippen LogP contribution in [0.5, 0.6) is 0 Å². The molecule has 0 aromatic carbocycles. The molecule has 2 aromatic heterocycles. The summed E-state index contributed by atoms with van der Waals surface area (Å²) in [5, 5.41) is 13.7. The summed E-state index contributed by atoms with van der Waals surface area (Å²) in [7, 11) is 0. The summed E-state index contributed by atoms with van der Waals surface area (Å²) in [5.74, 6) is -0.750. The zero-order valence-electron chi connectivity index (χ0n) is 13.9. The van der Waals surface area contributed by atoms with E-state index in [0.29, 0.717) is 36.7 Å². The van der Waals surface area contributed by atoms with Gasteiger partial charge in [-0.2, -0.15) is 5.10 Å². The van der Waals surface area contributed by atoms with E-state index in [-0.39, 0.29) is 17.3 Å². The zero-order chi connectivity index (χ0) is 17.3. The van der Waals surface area contributed by atoms with Crippen molar-refractivity contribution in [2.24, 2.45) is 0 Å². The number of pyridine rings is 1. The Bertz CT molecular complexity index is 751. The second-order valence-corrected chi connectivity index (χ2v) is 6.03. The van der Waals surface area contributed by atoms with Crippen LogP contribution in [0.15, 0.2) is 18.5 Å². The fourth-order valence-corrected chi connectivity index (χ4v) is 2.84. The second kappa shape index (κ2) is 6.59. The Balaban J connectivity index is 1.82. The first-order valence-corrected chi connectivity index (χ1v) is 8.23. The lowest BCUT2D eigenvalue weighted by molar-refractivity contribution is 0.0695. The molecule has 0 amide bonds. The number of rotatable bonds is 7. The number of aromatic carboxylic acids is 1. The van der Waals surface area contributed by atoms with Gasteiger partial charge in [-0.1, -0.05) is 0 Å². The van der Waals surface area contributed by atoms with E-state index in [4.69, 9.17) is 0 Å². The number of hydrogen-bond acceptors (Lipinski definition) is 4. The molecule has 7 heteroatoms. The van der Waals surface area contributed by atoms with Gasteiger partial charge in [-0.15, -0.1) is 0 Å². The molecule has 0 bridgehead atoms. The molecular formula is C17H21FN4O2. The fourth-order valence-electron chi connectivity index (χ4n) is 2.84. The van der Waals surface area contributed by atoms with E-state index in [2.05, 4.69) is 10.1 Å². The van der Waals surface area contributed by atoms with E-state index < -0.39 is 5.97 Å². The van der Waals surface area contributed by atoms with Crippen LogP contribution in [0.25, 0.3) is 0 Å². The first-order valence-electron chi connectivity index (χ1n) is 8.23. The Labute approximate surface area is 139 Å². The molecule has 1 aliphatic carbocycles. The Morgan fingerprint density at radius 2 is 2.12 bits per heavy atom. The number of carbonyl (C=O) groups is 1. The zero-order valence-corrected chi connectivity index (χ0v) is 13.9. The quantitative estimate of drug-likeness (QED) is 0.844. The highest BCUT2D eigenvalue weighted by Gasteiger charge is 2.31. The molecule has 1 saturated carbocycles. The van der Waals surface area contributed by atoms with Gasteiger partial charge in [-0.3, -0.25) is 4.68 Å². The lowest BCUT2D eigenvalue weighted by atomic mass is 10.2. The average molecular weight is 332 g/mol. The Morgan fingerprint density at radius 1 is 1.42 bits per heavy atom. The molecule has 0 aliphatic heterocycles. The topological polar surface area (TPSA) is 71.2 Å². The van der Waals surface area contributed by atoms with Gasteiger partial charge in [-0.05, 0) is 38.3 Å². The van der Waals surface area contributed by atoms with Crippen molar-refractivity contribution in [1.29, 1.82) is 0 Å². The Morgan fingerprint density at radius 3 is 2.67 bits per heavy atom. The maximum absolute atomic E-state index is 14.3. The highest BCUT2D eigenvalue weighted by Crippen LogP contribution is 2.40. The van der Waals surface area contributed by atoms with E-state index in [1.807, 2.05) is 18.7 Å². The molecular weight excluding hydrogens is 311 g/mol.